The predicted octanol–water partition coefficient (Wildman–Crippen LogP) is 3.52. The van der Waals surface area contributed by atoms with Crippen LogP contribution in [0.2, 0.25) is 91.7 Å². The third-order valence-electron chi connectivity index (χ3n) is 8.02. The molecule has 0 radical (unpaired) electrons. The molecule has 300 valence electrons. The first kappa shape index (κ1) is 47.3. The molecule has 4 aliphatic heterocycles. The van der Waals surface area contributed by atoms with Crippen molar-refractivity contribution in [3.63, 3.8) is 0 Å². The molecule has 28 heteroatoms. The molecule has 0 saturated carbocycles. The summed E-state index contributed by atoms with van der Waals surface area (Å²) in [7, 11) is -27.4. The van der Waals surface area contributed by atoms with Crippen LogP contribution in [0.5, 0.6) is 0 Å². The summed E-state index contributed by atoms with van der Waals surface area (Å²) in [6.07, 6.45) is 0. The first-order chi connectivity index (χ1) is 23.4. The smallest absolute Gasteiger partial charge is 0.432 e. The standard InChI is InChI=1S/C11H19FO2Si2.C8H28O12Si9.C5H12OSi/c1-13-16(4,5)14-15(2,3)11-8-6-10(12)7-9-11;1-22-10-24(3)14-26(5)12-23(2,9-21)13-27(6)15-25(4,11-22)17-28(7,16-24)20-29(8,18-26)19-27;1-5-7(3,4)6-2/h6-9H,1-5H3;22H,1-8,21H3;5H,1H2,2-4H3. The summed E-state index contributed by atoms with van der Waals surface area (Å²) >= 11 is 0. The number of halogens is 1. The van der Waals surface area contributed by atoms with E-state index in [0.29, 0.717) is 10.5 Å². The molecular formula is C24H59FO15Si12. The molecule has 4 heterocycles. The summed E-state index contributed by atoms with van der Waals surface area (Å²) in [4.78, 5) is 0. The van der Waals surface area contributed by atoms with Gasteiger partial charge in [0, 0.05) is 60.0 Å². The van der Waals surface area contributed by atoms with Gasteiger partial charge in [0.25, 0.3) is 0 Å². The summed E-state index contributed by atoms with van der Waals surface area (Å²) in [5.74, 6) is -0.211. The van der Waals surface area contributed by atoms with Crippen LogP contribution in [0.25, 0.3) is 0 Å². The minimum absolute atomic E-state index is 0.211. The zero-order valence-corrected chi connectivity index (χ0v) is 46.8. The molecule has 4 saturated heterocycles. The second-order valence-corrected chi connectivity index (χ2v) is 50.4. The highest BCUT2D eigenvalue weighted by molar-refractivity contribution is 6.99. The molecule has 0 aliphatic carbocycles. The van der Waals surface area contributed by atoms with Crippen LogP contribution in [0.3, 0.4) is 0 Å². The highest BCUT2D eigenvalue weighted by atomic mass is 28.6. The maximum absolute atomic E-state index is 12.8. The first-order valence-electron chi connectivity index (χ1n) is 16.8. The molecule has 4 atom stereocenters. The largest absolute Gasteiger partial charge is 0.475 e. The van der Waals surface area contributed by atoms with Gasteiger partial charge in [0.2, 0.25) is 16.6 Å². The lowest BCUT2D eigenvalue weighted by molar-refractivity contribution is 0.0154. The van der Waals surface area contributed by atoms with Crippen molar-refractivity contribution in [2.45, 2.75) is 91.7 Å². The van der Waals surface area contributed by atoms with E-state index < -0.39 is 96.1 Å². The van der Waals surface area contributed by atoms with Gasteiger partial charge >= 0.3 is 79.5 Å². The molecule has 0 amide bonds. The number of rotatable bonds is 7. The molecule has 1 aromatic rings. The highest BCUT2D eigenvalue weighted by Gasteiger charge is 2.73. The summed E-state index contributed by atoms with van der Waals surface area (Å²) in [5, 5.41) is 1.09. The Morgan fingerprint density at radius 2 is 1.02 bits per heavy atom. The normalized spacial score (nSPS) is 39.3. The second kappa shape index (κ2) is 16.6. The van der Waals surface area contributed by atoms with Gasteiger partial charge in [-0.2, -0.15) is 0 Å². The van der Waals surface area contributed by atoms with Crippen molar-refractivity contribution in [3.8, 4) is 0 Å². The van der Waals surface area contributed by atoms with Gasteiger partial charge in [0.15, 0.2) is 0 Å². The molecule has 5 rings (SSSR count). The molecule has 0 N–H and O–H groups in total. The lowest BCUT2D eigenvalue weighted by Crippen LogP contribution is -2.81. The van der Waals surface area contributed by atoms with Crippen LogP contribution < -0.4 is 5.19 Å². The van der Waals surface area contributed by atoms with E-state index in [1.54, 1.807) is 60.0 Å². The van der Waals surface area contributed by atoms with E-state index in [4.69, 9.17) is 62.3 Å². The molecule has 4 fully saturated rings. The summed E-state index contributed by atoms with van der Waals surface area (Å²) in [6, 6.07) is 6.58. The lowest BCUT2D eigenvalue weighted by atomic mass is 10.3. The molecule has 0 spiro atoms. The van der Waals surface area contributed by atoms with Gasteiger partial charge in [-0.1, -0.05) is 17.8 Å². The summed E-state index contributed by atoms with van der Waals surface area (Å²) in [6.45, 7) is 30.3. The van der Waals surface area contributed by atoms with Crippen LogP contribution in [-0.4, -0.2) is 121 Å². The lowest BCUT2D eigenvalue weighted by Gasteiger charge is -2.56. The SMILES string of the molecule is C=C[Si](C)(C)OC.CO[Si](C)(C)O[Si](C)(C)c1ccc(F)cc1.C[SiH]1O[Si]2(C)O[Si]3(C)O[Si](C)(O[SiH3])O[Si]4(C)O[Si](C)(O1)O[Si](C)(O2)O[Si](C)(O3)O4. The van der Waals surface area contributed by atoms with Crippen LogP contribution in [-0.2, 0) is 62.3 Å². The minimum atomic E-state index is -3.43. The van der Waals surface area contributed by atoms with Gasteiger partial charge < -0.3 is 62.3 Å². The van der Waals surface area contributed by atoms with Gasteiger partial charge in [-0.3, -0.25) is 0 Å². The number of fused-ring (bicyclic) bond motifs is 4. The van der Waals surface area contributed by atoms with Crippen molar-refractivity contribution in [1.82, 2.24) is 0 Å². The van der Waals surface area contributed by atoms with Gasteiger partial charge in [0.1, 0.15) is 16.3 Å². The van der Waals surface area contributed by atoms with Crippen molar-refractivity contribution in [2.24, 2.45) is 0 Å². The zero-order valence-electron chi connectivity index (χ0n) is 33.7. The van der Waals surface area contributed by atoms with Crippen molar-refractivity contribution < 1.29 is 66.7 Å². The van der Waals surface area contributed by atoms with Crippen LogP contribution in [0.1, 0.15) is 0 Å². The average Bonchev–Trinajstić information content (AvgIpc) is 2.93. The topological polar surface area (TPSA) is 138 Å². The summed E-state index contributed by atoms with van der Waals surface area (Å²) in [5.41, 5.74) is 1.91. The fourth-order valence-corrected chi connectivity index (χ4v) is 55.1. The van der Waals surface area contributed by atoms with E-state index in [1.807, 2.05) is 37.5 Å². The molecule has 6 bridgehead atoms. The zero-order chi connectivity index (χ0) is 39.9. The molecule has 52 heavy (non-hydrogen) atoms. The molecular weight excluding hydrogens is 884 g/mol. The van der Waals surface area contributed by atoms with Crippen molar-refractivity contribution in [3.05, 3.63) is 42.4 Å². The molecule has 1 aromatic carbocycles. The molecule has 4 unspecified atom stereocenters. The van der Waals surface area contributed by atoms with E-state index in [1.165, 1.54) is 12.1 Å². The Hall–Kier alpha value is 0.893. The quantitative estimate of drug-likeness (QED) is 0.369. The second-order valence-electron chi connectivity index (χ2n) is 14.7. The van der Waals surface area contributed by atoms with Crippen LogP contribution >= 0.6 is 0 Å². The fraction of sp³-hybridized carbons (Fsp3) is 0.667. The summed E-state index contributed by atoms with van der Waals surface area (Å²) < 4.78 is 106. The van der Waals surface area contributed by atoms with Gasteiger partial charge in [-0.05, 0) is 63.1 Å². The van der Waals surface area contributed by atoms with Crippen LogP contribution in [0.15, 0.2) is 36.5 Å². The first-order valence-corrected chi connectivity index (χ1v) is 44.0. The van der Waals surface area contributed by atoms with Crippen LogP contribution in [0, 0.1) is 5.82 Å². The van der Waals surface area contributed by atoms with E-state index in [9.17, 15) is 4.39 Å². The minimum Gasteiger partial charge on any atom is -0.432 e. The third-order valence-corrected chi connectivity index (χ3v) is 52.5. The Morgan fingerprint density at radius 3 is 1.33 bits per heavy atom. The van der Waals surface area contributed by atoms with Gasteiger partial charge in [-0.15, -0.1) is 6.58 Å². The monoisotopic (exact) mass is 942 g/mol. The number of hydrogen-bond donors (Lipinski definition) is 0. The van der Waals surface area contributed by atoms with Gasteiger partial charge in [-0.25, -0.2) is 4.39 Å². The predicted molar refractivity (Wildman–Crippen MR) is 221 cm³/mol. The van der Waals surface area contributed by atoms with Gasteiger partial charge in [0.05, 0.1) is 0 Å². The third kappa shape index (κ3) is 13.0. The Bertz CT molecular complexity index is 1350. The van der Waals surface area contributed by atoms with Crippen molar-refractivity contribution in [1.29, 1.82) is 0 Å². The molecule has 4 aliphatic rings. The highest BCUT2D eigenvalue weighted by Crippen LogP contribution is 2.43. The Kier molecular flexibility index (Phi) is 15.1. The average molecular weight is 944 g/mol. The Morgan fingerprint density at radius 1 is 0.654 bits per heavy atom. The van der Waals surface area contributed by atoms with E-state index in [0.717, 1.165) is 5.19 Å². The maximum Gasteiger partial charge on any atom is 0.475 e. The van der Waals surface area contributed by atoms with Crippen LogP contribution in [0.4, 0.5) is 4.39 Å². The van der Waals surface area contributed by atoms with Crippen molar-refractivity contribution >= 4 is 112 Å². The molecule has 0 aromatic heterocycles. The Balaban J connectivity index is 0.000000266. The number of hydrogen-bond acceptors (Lipinski definition) is 15. The maximum atomic E-state index is 12.8. The fourth-order valence-electron chi connectivity index (χ4n) is 5.80. The van der Waals surface area contributed by atoms with E-state index in [2.05, 4.69) is 32.8 Å². The number of benzene rings is 1. The Labute approximate surface area is 325 Å². The van der Waals surface area contributed by atoms with Crippen molar-refractivity contribution in [2.75, 3.05) is 14.2 Å². The van der Waals surface area contributed by atoms with E-state index >= 15 is 0 Å². The van der Waals surface area contributed by atoms with E-state index in [-0.39, 0.29) is 5.82 Å². The molecule has 15 nitrogen and oxygen atoms in total.